The van der Waals surface area contributed by atoms with Gasteiger partial charge in [0, 0.05) is 33.8 Å². The third-order valence-corrected chi connectivity index (χ3v) is 7.88. The van der Waals surface area contributed by atoms with E-state index in [1.807, 2.05) is 79.9 Å². The highest BCUT2D eigenvalue weighted by Crippen LogP contribution is 2.28. The molecule has 4 nitrogen and oxygen atoms in total. The maximum absolute atomic E-state index is 5.01. The number of rotatable bonds is 6. The molecule has 0 amide bonds. The molecule has 7 rings (SSSR count). The highest BCUT2D eigenvalue weighted by Gasteiger charge is 2.10. The van der Waals surface area contributed by atoms with E-state index < -0.39 is 0 Å². The van der Waals surface area contributed by atoms with Crippen LogP contribution < -0.4 is 0 Å². The maximum Gasteiger partial charge on any atom is 0.160 e. The van der Waals surface area contributed by atoms with E-state index in [2.05, 4.69) is 90.4 Å². The van der Waals surface area contributed by atoms with Gasteiger partial charge in [0.15, 0.2) is 5.84 Å². The third kappa shape index (κ3) is 5.95. The second kappa shape index (κ2) is 12.3. The van der Waals surface area contributed by atoms with E-state index in [-0.39, 0.29) is 0 Å². The van der Waals surface area contributed by atoms with Gasteiger partial charge < -0.3 is 0 Å². The fourth-order valence-corrected chi connectivity index (χ4v) is 5.43. The average Bonchev–Trinajstić information content (AvgIpc) is 3.12. The third-order valence-electron chi connectivity index (χ3n) is 7.88. The van der Waals surface area contributed by atoms with Crippen molar-refractivity contribution in [3.63, 3.8) is 0 Å². The molecule has 2 heterocycles. The summed E-state index contributed by atoms with van der Waals surface area (Å²) in [5.41, 5.74) is 10.5. The van der Waals surface area contributed by atoms with Gasteiger partial charge in [-0.3, -0.25) is 4.98 Å². The summed E-state index contributed by atoms with van der Waals surface area (Å²) < 4.78 is 0. The number of benzene rings is 5. The number of aliphatic imine (C=N–C) groups is 2. The number of hydrogen-bond acceptors (Lipinski definition) is 3. The van der Waals surface area contributed by atoms with Crippen molar-refractivity contribution in [2.45, 2.75) is 6.92 Å². The van der Waals surface area contributed by atoms with E-state index in [1.165, 1.54) is 0 Å². The molecule has 0 atom stereocenters. The molecule has 7 aromatic rings. The minimum Gasteiger partial charge on any atom is -0.254 e. The minimum absolute atomic E-state index is 0.627. The first-order valence-corrected chi connectivity index (χ1v) is 14.9. The fraction of sp³-hybridized carbons (Fsp3) is 0.0244. The molecular weight excluding hydrogens is 548 g/mol. The Morgan fingerprint density at radius 3 is 1.93 bits per heavy atom. The Morgan fingerprint density at radius 2 is 1.18 bits per heavy atom. The molecule has 0 bridgehead atoms. The molecule has 0 aliphatic heterocycles. The minimum atomic E-state index is 0.627. The standard InChI is InChI=1S/C41H30N4/c1-28(30-11-5-3-6-12-30)43-41(35-13-7-4-8-14-35)44-29(2)36-15-9-16-37(27-36)31-18-20-32(21-19-31)38-25-24-34-23-22-33-17-10-26-42-39(33)40(34)45-38/h3-27H,1H2,2H3. The SMILES string of the molecule is C=C(N=C(N=C(C)c1cccc(-c2ccc(-c3ccc4ccc5cccnc5c4n3)cc2)c1)c1ccccc1)c1ccccc1. The van der Waals surface area contributed by atoms with Crippen LogP contribution in [0.4, 0.5) is 0 Å². The van der Waals surface area contributed by atoms with E-state index in [1.54, 1.807) is 0 Å². The molecule has 5 aromatic carbocycles. The van der Waals surface area contributed by atoms with E-state index in [0.29, 0.717) is 11.5 Å². The van der Waals surface area contributed by atoms with Gasteiger partial charge in [-0.05, 0) is 47.4 Å². The summed E-state index contributed by atoms with van der Waals surface area (Å²) in [5, 5.41) is 2.17. The maximum atomic E-state index is 5.01. The first-order valence-electron chi connectivity index (χ1n) is 14.9. The number of hydrogen-bond donors (Lipinski definition) is 0. The van der Waals surface area contributed by atoms with Gasteiger partial charge in [0.25, 0.3) is 0 Å². The largest absolute Gasteiger partial charge is 0.254 e. The summed E-state index contributed by atoms with van der Waals surface area (Å²) in [6.07, 6.45) is 1.82. The number of aromatic nitrogens is 2. The Labute approximate surface area is 262 Å². The molecule has 0 radical (unpaired) electrons. The molecule has 0 unspecified atom stereocenters. The molecule has 0 fully saturated rings. The average molecular weight is 579 g/mol. The summed E-state index contributed by atoms with van der Waals surface area (Å²) in [7, 11) is 0. The molecule has 0 aliphatic rings. The van der Waals surface area contributed by atoms with Crippen LogP contribution in [0.3, 0.4) is 0 Å². The number of nitrogens with zero attached hydrogens (tertiary/aromatic N) is 4. The lowest BCUT2D eigenvalue weighted by Gasteiger charge is -2.09. The van der Waals surface area contributed by atoms with Crippen LogP contribution in [0.15, 0.2) is 168 Å². The summed E-state index contributed by atoms with van der Waals surface area (Å²) in [5.74, 6) is 0.627. The molecule has 2 aromatic heterocycles. The van der Waals surface area contributed by atoms with Crippen molar-refractivity contribution in [3.05, 3.63) is 175 Å². The number of pyridine rings is 2. The Hall–Kier alpha value is -6.00. The zero-order valence-electron chi connectivity index (χ0n) is 24.9. The van der Waals surface area contributed by atoms with Gasteiger partial charge in [-0.2, -0.15) is 0 Å². The normalized spacial score (nSPS) is 12.0. The molecule has 214 valence electrons. The van der Waals surface area contributed by atoms with Crippen LogP contribution in [-0.2, 0) is 0 Å². The predicted octanol–water partition coefficient (Wildman–Crippen LogP) is 10.0. The number of amidine groups is 1. The van der Waals surface area contributed by atoms with Crippen molar-refractivity contribution in [2.75, 3.05) is 0 Å². The molecule has 0 saturated heterocycles. The van der Waals surface area contributed by atoms with E-state index >= 15 is 0 Å². The second-order valence-electron chi connectivity index (χ2n) is 10.9. The Kier molecular flexibility index (Phi) is 7.61. The molecule has 0 aliphatic carbocycles. The number of fused-ring (bicyclic) bond motifs is 3. The van der Waals surface area contributed by atoms with Gasteiger partial charge in [-0.15, -0.1) is 0 Å². The van der Waals surface area contributed by atoms with E-state index in [9.17, 15) is 0 Å². The lowest BCUT2D eigenvalue weighted by atomic mass is 9.99. The fourth-order valence-electron chi connectivity index (χ4n) is 5.43. The van der Waals surface area contributed by atoms with Crippen LogP contribution in [0.1, 0.15) is 23.6 Å². The van der Waals surface area contributed by atoms with Crippen LogP contribution in [0.25, 0.3) is 49.9 Å². The van der Waals surface area contributed by atoms with Crippen molar-refractivity contribution >= 4 is 39.1 Å². The van der Waals surface area contributed by atoms with E-state index in [4.69, 9.17) is 15.0 Å². The zero-order valence-corrected chi connectivity index (χ0v) is 24.9. The van der Waals surface area contributed by atoms with Gasteiger partial charge in [0.2, 0.25) is 0 Å². The van der Waals surface area contributed by atoms with Crippen LogP contribution in [0.5, 0.6) is 0 Å². The summed E-state index contributed by atoms with van der Waals surface area (Å²) in [6.45, 7) is 6.24. The predicted molar refractivity (Wildman–Crippen MR) is 189 cm³/mol. The smallest absolute Gasteiger partial charge is 0.160 e. The van der Waals surface area contributed by atoms with Gasteiger partial charge in [-0.1, -0.05) is 134 Å². The Morgan fingerprint density at radius 1 is 0.533 bits per heavy atom. The second-order valence-corrected chi connectivity index (χ2v) is 10.9. The van der Waals surface area contributed by atoms with Gasteiger partial charge in [0.1, 0.15) is 0 Å². The van der Waals surface area contributed by atoms with Crippen LogP contribution in [0, 0.1) is 0 Å². The quantitative estimate of drug-likeness (QED) is 0.112. The van der Waals surface area contributed by atoms with Crippen LogP contribution >= 0.6 is 0 Å². The Bertz CT molecular complexity index is 2210. The van der Waals surface area contributed by atoms with Crippen LogP contribution in [0.2, 0.25) is 0 Å². The first kappa shape index (κ1) is 27.8. The first-order chi connectivity index (χ1) is 22.1. The molecule has 4 heteroatoms. The zero-order chi connectivity index (χ0) is 30.6. The van der Waals surface area contributed by atoms with Crippen LogP contribution in [-0.4, -0.2) is 21.5 Å². The molecule has 45 heavy (non-hydrogen) atoms. The lowest BCUT2D eigenvalue weighted by molar-refractivity contribution is 1.37. The molecule has 0 spiro atoms. The molecule has 0 N–H and O–H groups in total. The van der Waals surface area contributed by atoms with Crippen molar-refractivity contribution in [3.8, 4) is 22.4 Å². The molecule has 0 saturated carbocycles. The lowest BCUT2D eigenvalue weighted by Crippen LogP contribution is -2.04. The highest BCUT2D eigenvalue weighted by atomic mass is 14.9. The topological polar surface area (TPSA) is 50.5 Å². The van der Waals surface area contributed by atoms with Crippen molar-refractivity contribution in [1.82, 2.24) is 9.97 Å². The van der Waals surface area contributed by atoms with Gasteiger partial charge in [-0.25, -0.2) is 15.0 Å². The monoisotopic (exact) mass is 578 g/mol. The summed E-state index contributed by atoms with van der Waals surface area (Å²) >= 11 is 0. The van der Waals surface area contributed by atoms with Crippen molar-refractivity contribution < 1.29 is 0 Å². The van der Waals surface area contributed by atoms with Gasteiger partial charge >= 0.3 is 0 Å². The summed E-state index contributed by atoms with van der Waals surface area (Å²) in [4.78, 5) is 19.5. The van der Waals surface area contributed by atoms with Crippen molar-refractivity contribution in [2.24, 2.45) is 9.98 Å². The van der Waals surface area contributed by atoms with Gasteiger partial charge in [0.05, 0.1) is 22.4 Å². The van der Waals surface area contributed by atoms with Crippen molar-refractivity contribution in [1.29, 1.82) is 0 Å². The summed E-state index contributed by atoms with van der Waals surface area (Å²) in [6, 6.07) is 49.5. The molecular formula is C41H30N4. The van der Waals surface area contributed by atoms with E-state index in [0.717, 1.165) is 66.6 Å². The Balaban J connectivity index is 1.19. The highest BCUT2D eigenvalue weighted by molar-refractivity contribution is 6.13.